The minimum Gasteiger partial charge on any atom is -0.342 e. The Kier molecular flexibility index (Phi) is 5.37. The fourth-order valence-electron chi connectivity index (χ4n) is 2.07. The zero-order valence-electron chi connectivity index (χ0n) is 12.9. The van der Waals surface area contributed by atoms with Gasteiger partial charge in [-0.2, -0.15) is 5.10 Å². The van der Waals surface area contributed by atoms with Crippen molar-refractivity contribution in [1.82, 2.24) is 15.7 Å². The van der Waals surface area contributed by atoms with Crippen LogP contribution in [0, 0.1) is 0 Å². The van der Waals surface area contributed by atoms with Crippen LogP contribution in [-0.4, -0.2) is 29.6 Å². The molecule has 0 aliphatic heterocycles. The van der Waals surface area contributed by atoms with E-state index in [4.69, 9.17) is 11.6 Å². The Bertz CT molecular complexity index is 940. The molecule has 3 rings (SSSR count). The molecule has 0 fully saturated rings. The lowest BCUT2D eigenvalue weighted by Gasteiger charge is -2.03. The Labute approximate surface area is 152 Å². The first-order chi connectivity index (χ1) is 12.1. The number of nitrogens with zero attached hydrogens (tertiary/aromatic N) is 2. The van der Waals surface area contributed by atoms with E-state index >= 15 is 0 Å². The van der Waals surface area contributed by atoms with Crippen molar-refractivity contribution in [3.8, 4) is 0 Å². The number of benzene rings is 1. The van der Waals surface area contributed by atoms with Gasteiger partial charge in [0.1, 0.15) is 4.88 Å². The minimum absolute atomic E-state index is 0.197. The molecule has 3 aromatic rings. The van der Waals surface area contributed by atoms with Gasteiger partial charge in [0.15, 0.2) is 0 Å². The third kappa shape index (κ3) is 4.20. The van der Waals surface area contributed by atoms with Crippen molar-refractivity contribution >= 4 is 51.1 Å². The van der Waals surface area contributed by atoms with E-state index in [-0.39, 0.29) is 12.5 Å². The SMILES string of the molecule is O=C(CNC(=O)c1sc2ccccc2c1Cl)N/N=C\c1ccncc1. The number of halogens is 1. The van der Waals surface area contributed by atoms with E-state index in [0.29, 0.717) is 9.90 Å². The van der Waals surface area contributed by atoms with Gasteiger partial charge >= 0.3 is 0 Å². The molecule has 0 unspecified atom stereocenters. The van der Waals surface area contributed by atoms with Gasteiger partial charge in [-0.15, -0.1) is 11.3 Å². The number of hydrogen-bond donors (Lipinski definition) is 2. The Hall–Kier alpha value is -2.77. The molecular formula is C17H13ClN4O2S. The topological polar surface area (TPSA) is 83.5 Å². The van der Waals surface area contributed by atoms with Crippen LogP contribution in [0.15, 0.2) is 53.9 Å². The number of carbonyl (C=O) groups is 2. The Morgan fingerprint density at radius 3 is 2.72 bits per heavy atom. The average molecular weight is 373 g/mol. The number of aromatic nitrogens is 1. The van der Waals surface area contributed by atoms with Gasteiger partial charge in [-0.3, -0.25) is 14.6 Å². The summed E-state index contributed by atoms with van der Waals surface area (Å²) in [6, 6.07) is 11.0. The summed E-state index contributed by atoms with van der Waals surface area (Å²) in [5, 5.41) is 7.58. The third-order valence-corrected chi connectivity index (χ3v) is 4.93. The van der Waals surface area contributed by atoms with Crippen LogP contribution in [0.5, 0.6) is 0 Å². The molecule has 6 nitrogen and oxygen atoms in total. The number of rotatable bonds is 5. The Balaban J connectivity index is 1.55. The molecule has 2 amide bonds. The largest absolute Gasteiger partial charge is 0.342 e. The predicted molar refractivity (Wildman–Crippen MR) is 99.1 cm³/mol. The average Bonchev–Trinajstić information content (AvgIpc) is 2.98. The zero-order chi connectivity index (χ0) is 17.6. The van der Waals surface area contributed by atoms with Crippen LogP contribution in [-0.2, 0) is 4.79 Å². The molecule has 2 N–H and O–H groups in total. The molecule has 2 heterocycles. The molecule has 0 saturated heterocycles. The molecule has 0 aliphatic carbocycles. The molecule has 0 bridgehead atoms. The second-order valence-electron chi connectivity index (χ2n) is 5.00. The molecule has 0 spiro atoms. The highest BCUT2D eigenvalue weighted by Gasteiger charge is 2.17. The van der Waals surface area contributed by atoms with E-state index in [2.05, 4.69) is 20.8 Å². The first-order valence-corrected chi connectivity index (χ1v) is 8.52. The number of thiophene rings is 1. The molecule has 0 saturated carbocycles. The van der Waals surface area contributed by atoms with Gasteiger partial charge < -0.3 is 5.32 Å². The van der Waals surface area contributed by atoms with Crippen LogP contribution in [0.4, 0.5) is 0 Å². The van der Waals surface area contributed by atoms with Gasteiger partial charge in [-0.25, -0.2) is 5.43 Å². The second-order valence-corrected chi connectivity index (χ2v) is 6.43. The highest BCUT2D eigenvalue weighted by molar-refractivity contribution is 7.21. The van der Waals surface area contributed by atoms with E-state index in [0.717, 1.165) is 15.6 Å². The molecule has 0 atom stereocenters. The molecule has 8 heteroatoms. The maximum absolute atomic E-state index is 12.2. The summed E-state index contributed by atoms with van der Waals surface area (Å²) in [5.41, 5.74) is 3.15. The van der Waals surface area contributed by atoms with Crippen LogP contribution >= 0.6 is 22.9 Å². The summed E-state index contributed by atoms with van der Waals surface area (Å²) in [7, 11) is 0. The van der Waals surface area contributed by atoms with Crippen LogP contribution in [0.2, 0.25) is 5.02 Å². The fraction of sp³-hybridized carbons (Fsp3) is 0.0588. The Morgan fingerprint density at radius 2 is 1.96 bits per heavy atom. The number of fused-ring (bicyclic) bond motifs is 1. The molecule has 126 valence electrons. The molecule has 0 aliphatic rings. The van der Waals surface area contributed by atoms with E-state index in [1.807, 2.05) is 24.3 Å². The van der Waals surface area contributed by atoms with Gasteiger partial charge in [0.05, 0.1) is 17.8 Å². The van der Waals surface area contributed by atoms with Gasteiger partial charge in [0, 0.05) is 22.5 Å². The standard InChI is InChI=1S/C17H13ClN4O2S/c18-15-12-3-1-2-4-13(12)25-16(15)17(24)20-10-14(23)22-21-9-11-5-7-19-8-6-11/h1-9H,10H2,(H,20,24)(H,22,23)/b21-9-. The summed E-state index contributed by atoms with van der Waals surface area (Å²) >= 11 is 7.53. The first-order valence-electron chi connectivity index (χ1n) is 7.32. The van der Waals surface area contributed by atoms with Crippen molar-refractivity contribution in [3.05, 3.63) is 64.3 Å². The van der Waals surface area contributed by atoms with Crippen molar-refractivity contribution in [2.75, 3.05) is 6.54 Å². The number of carbonyl (C=O) groups excluding carboxylic acids is 2. The smallest absolute Gasteiger partial charge is 0.263 e. The van der Waals surface area contributed by atoms with Crippen molar-refractivity contribution in [2.24, 2.45) is 5.10 Å². The number of hydrogen-bond acceptors (Lipinski definition) is 5. The molecule has 2 aromatic heterocycles. The highest BCUT2D eigenvalue weighted by atomic mass is 35.5. The molecule has 1 aromatic carbocycles. The maximum Gasteiger partial charge on any atom is 0.263 e. The quantitative estimate of drug-likeness (QED) is 0.533. The van der Waals surface area contributed by atoms with Gasteiger partial charge in [-0.1, -0.05) is 29.8 Å². The summed E-state index contributed by atoms with van der Waals surface area (Å²) in [5.74, 6) is -0.824. The van der Waals surface area contributed by atoms with Crippen molar-refractivity contribution < 1.29 is 9.59 Å². The Morgan fingerprint density at radius 1 is 1.20 bits per heavy atom. The summed E-state index contributed by atoms with van der Waals surface area (Å²) in [6.45, 7) is -0.197. The summed E-state index contributed by atoms with van der Waals surface area (Å²) in [4.78, 5) is 28.2. The second kappa shape index (κ2) is 7.87. The predicted octanol–water partition coefficient (Wildman–Crippen LogP) is 2.83. The summed E-state index contributed by atoms with van der Waals surface area (Å²) < 4.78 is 0.920. The van der Waals surface area contributed by atoms with Gasteiger partial charge in [0.25, 0.3) is 11.8 Å². The van der Waals surface area contributed by atoms with Crippen LogP contribution < -0.4 is 10.7 Å². The third-order valence-electron chi connectivity index (χ3n) is 3.26. The van der Waals surface area contributed by atoms with Gasteiger partial charge in [0.2, 0.25) is 0 Å². The zero-order valence-corrected chi connectivity index (χ0v) is 14.5. The van der Waals surface area contributed by atoms with Crippen LogP contribution in [0.1, 0.15) is 15.2 Å². The highest BCUT2D eigenvalue weighted by Crippen LogP contribution is 2.34. The normalized spacial score (nSPS) is 10.9. The van der Waals surface area contributed by atoms with Crippen LogP contribution in [0.25, 0.3) is 10.1 Å². The minimum atomic E-state index is -0.434. The molecular weight excluding hydrogens is 360 g/mol. The number of pyridine rings is 1. The van der Waals surface area contributed by atoms with E-state index in [9.17, 15) is 9.59 Å². The monoisotopic (exact) mass is 372 g/mol. The summed E-state index contributed by atoms with van der Waals surface area (Å²) in [6.07, 6.45) is 4.74. The van der Waals surface area contributed by atoms with Crippen LogP contribution in [0.3, 0.4) is 0 Å². The lowest BCUT2D eigenvalue weighted by Crippen LogP contribution is -2.34. The lowest BCUT2D eigenvalue weighted by atomic mass is 10.2. The number of amides is 2. The van der Waals surface area contributed by atoms with Crippen molar-refractivity contribution in [2.45, 2.75) is 0 Å². The first kappa shape index (κ1) is 17.1. The van der Waals surface area contributed by atoms with Gasteiger partial charge in [-0.05, 0) is 23.8 Å². The number of hydrazone groups is 1. The fourth-order valence-corrected chi connectivity index (χ4v) is 3.50. The van der Waals surface area contributed by atoms with E-state index in [1.54, 1.807) is 24.5 Å². The van der Waals surface area contributed by atoms with Crippen molar-refractivity contribution in [3.63, 3.8) is 0 Å². The molecule has 0 radical (unpaired) electrons. The van der Waals surface area contributed by atoms with E-state index in [1.165, 1.54) is 17.6 Å². The maximum atomic E-state index is 12.2. The molecule has 25 heavy (non-hydrogen) atoms. The van der Waals surface area contributed by atoms with Crippen molar-refractivity contribution in [1.29, 1.82) is 0 Å². The number of nitrogens with one attached hydrogen (secondary N) is 2. The van der Waals surface area contributed by atoms with E-state index < -0.39 is 5.91 Å². The lowest BCUT2D eigenvalue weighted by molar-refractivity contribution is -0.120.